The van der Waals surface area contributed by atoms with E-state index in [4.69, 9.17) is 23.1 Å². The molecule has 50 heavy (non-hydrogen) atoms. The summed E-state index contributed by atoms with van der Waals surface area (Å²) in [4.78, 5) is 41.1. The van der Waals surface area contributed by atoms with Crippen molar-refractivity contribution in [1.29, 1.82) is 0 Å². The molecule has 1 aromatic carbocycles. The van der Waals surface area contributed by atoms with E-state index in [1.165, 1.54) is 31.9 Å². The molecule has 1 saturated heterocycles. The van der Waals surface area contributed by atoms with Crippen LogP contribution in [0.3, 0.4) is 0 Å². The summed E-state index contributed by atoms with van der Waals surface area (Å²) in [5.74, 6) is -4.62. The molecule has 2 aromatic rings. The third-order valence-corrected chi connectivity index (χ3v) is 10.1. The van der Waals surface area contributed by atoms with Gasteiger partial charge in [-0.25, -0.2) is 9.18 Å². The van der Waals surface area contributed by atoms with Crippen molar-refractivity contribution in [2.24, 2.45) is 11.8 Å². The lowest BCUT2D eigenvalue weighted by molar-refractivity contribution is -0.186. The van der Waals surface area contributed by atoms with Gasteiger partial charge in [-0.05, 0) is 77.4 Å². The highest BCUT2D eigenvalue weighted by molar-refractivity contribution is 6.17. The summed E-state index contributed by atoms with van der Waals surface area (Å²) in [6, 6.07) is 5.87. The minimum absolute atomic E-state index is 0.0605. The summed E-state index contributed by atoms with van der Waals surface area (Å²) in [7, 11) is 8.00. The van der Waals surface area contributed by atoms with Gasteiger partial charge in [0.2, 0.25) is 6.41 Å². The Labute approximate surface area is 296 Å². The van der Waals surface area contributed by atoms with Crippen LogP contribution in [0, 0.1) is 11.8 Å². The van der Waals surface area contributed by atoms with Crippen LogP contribution in [0.4, 0.5) is 10.1 Å². The molecule has 0 spiro atoms. The average molecular weight is 697 g/mol. The van der Waals surface area contributed by atoms with Crippen LogP contribution < -0.4 is 11.1 Å². The Kier molecular flexibility index (Phi) is 13.9. The molecule has 0 bridgehead atoms. The normalized spacial score (nSPS) is 33.1. The van der Waals surface area contributed by atoms with Crippen LogP contribution in [0.5, 0.6) is 0 Å². The minimum atomic E-state index is -3.08. The lowest BCUT2D eigenvalue weighted by atomic mass is 9.62. The van der Waals surface area contributed by atoms with Crippen molar-refractivity contribution < 1.29 is 33.4 Å². The number of hydrogen-bond acceptors (Lipinski definition) is 10. The van der Waals surface area contributed by atoms with Gasteiger partial charge in [-0.15, -0.1) is 11.7 Å². The highest BCUT2D eigenvalue weighted by atomic mass is 19.1. The topological polar surface area (TPSA) is 162 Å². The van der Waals surface area contributed by atoms with E-state index in [2.05, 4.69) is 22.2 Å². The number of halogens is 1. The van der Waals surface area contributed by atoms with Gasteiger partial charge in [0.05, 0.1) is 25.7 Å². The number of nitrogens with one attached hydrogen (secondary N) is 1. The van der Waals surface area contributed by atoms with Gasteiger partial charge in [0, 0.05) is 49.8 Å². The number of unbranched alkanes of at least 4 members (excludes halogenated alkanes) is 1. The highest BCUT2D eigenvalue weighted by Gasteiger charge is 2.53. The minimum Gasteiger partial charge on any atom is -0.456 e. The number of amides is 1. The number of benzene rings is 1. The summed E-state index contributed by atoms with van der Waals surface area (Å²) in [6.45, 7) is 14.3. The largest absolute Gasteiger partial charge is 0.456 e. The van der Waals surface area contributed by atoms with Crippen LogP contribution in [-0.4, -0.2) is 106 Å². The predicted molar refractivity (Wildman–Crippen MR) is 191 cm³/mol. The molecule has 1 aliphatic rings. The van der Waals surface area contributed by atoms with Crippen LogP contribution in [0.2, 0.25) is 5.82 Å². The molecule has 0 saturated carbocycles. The molecule has 0 unspecified atom stereocenters. The number of carbonyl (C=O) groups excluding carboxylic acids is 3. The number of aliphatic hydroxyl groups is 1. The van der Waals surface area contributed by atoms with Crippen LogP contribution in [0.1, 0.15) is 67.2 Å². The Bertz CT molecular complexity index is 1470. The number of anilines is 1. The first-order valence-electron chi connectivity index (χ1n) is 17.2. The number of esters is 1. The van der Waals surface area contributed by atoms with Gasteiger partial charge in [0.1, 0.15) is 17.4 Å². The number of nitrogens with two attached hydrogens (primary N) is 1. The van der Waals surface area contributed by atoms with E-state index in [9.17, 15) is 19.5 Å². The molecule has 0 aliphatic carbocycles. The number of nitrogen functional groups attached to an aromatic ring is 1. The summed E-state index contributed by atoms with van der Waals surface area (Å²) < 4.78 is 29.3. The molecule has 14 heteroatoms. The van der Waals surface area contributed by atoms with Gasteiger partial charge in [-0.2, -0.15) is 0 Å². The Balaban J connectivity index is 1.90. The van der Waals surface area contributed by atoms with Gasteiger partial charge < -0.3 is 30.5 Å². The zero-order valence-electron chi connectivity index (χ0n) is 30.5. The van der Waals surface area contributed by atoms with Gasteiger partial charge >= 0.3 is 5.97 Å². The van der Waals surface area contributed by atoms with Crippen LogP contribution in [0.15, 0.2) is 43.1 Å². The first kappa shape index (κ1) is 40.8. The smallest absolute Gasteiger partial charge is 0.351 e. The number of cyclic esters (lactones) is 1. The van der Waals surface area contributed by atoms with Gasteiger partial charge in [-0.3, -0.25) is 14.3 Å². The molecule has 1 aromatic heterocycles. The van der Waals surface area contributed by atoms with Gasteiger partial charge in [-0.1, -0.05) is 37.3 Å². The van der Waals surface area contributed by atoms with E-state index in [1.54, 1.807) is 17.7 Å². The van der Waals surface area contributed by atoms with E-state index in [-0.39, 0.29) is 18.9 Å². The quantitative estimate of drug-likeness (QED) is 0.0601. The maximum Gasteiger partial charge on any atom is 0.351 e. The summed E-state index contributed by atoms with van der Waals surface area (Å²) in [5.41, 5.74) is 2.03. The van der Waals surface area contributed by atoms with Gasteiger partial charge in [0.25, 0.3) is 5.67 Å². The number of ether oxygens (including phenoxy) is 2. The molecule has 1 amide bonds. The predicted octanol–water partition coefficient (Wildman–Crippen LogP) is 3.69. The number of aryl methyl sites for hydroxylation is 1. The lowest BCUT2D eigenvalue weighted by Gasteiger charge is -2.46. The van der Waals surface area contributed by atoms with Crippen molar-refractivity contribution in [2.45, 2.75) is 115 Å². The maximum atomic E-state index is 16.2. The molecule has 12 nitrogen and oxygen atoms in total. The first-order chi connectivity index (χ1) is 23.4. The van der Waals surface area contributed by atoms with Crippen molar-refractivity contribution in [3.8, 4) is 11.3 Å². The third-order valence-electron chi connectivity index (χ3n) is 10.1. The van der Waals surface area contributed by atoms with Crippen molar-refractivity contribution in [1.82, 2.24) is 25.2 Å². The lowest BCUT2D eigenvalue weighted by Crippen LogP contribution is -2.65. The monoisotopic (exact) mass is 696 g/mol. The number of methoxy groups -OCH3 is 1. The van der Waals surface area contributed by atoms with Crippen molar-refractivity contribution in [2.75, 3.05) is 25.9 Å². The number of alkyl halides is 1. The number of ketones is 1. The summed E-state index contributed by atoms with van der Waals surface area (Å²) in [6.07, 6.45) is 4.03. The van der Waals surface area contributed by atoms with E-state index in [1.807, 2.05) is 38.2 Å². The Morgan fingerprint density at radius 1 is 1.26 bits per heavy atom. The van der Waals surface area contributed by atoms with Crippen molar-refractivity contribution in [3.63, 3.8) is 0 Å². The van der Waals surface area contributed by atoms with Crippen molar-refractivity contribution >= 4 is 31.7 Å². The number of rotatable bonds is 11. The standard InChI is InChI=1S/C36H54BFN6O6/c1-9-13-29-36(7,48)31(43(22-45)16-10-11-17-44-21-28(41-42-44)26-14-12-15-27(39)18-26)25(4)40-20-23(2)19-34(5,49-8)30(37)24(3)32(46)35(6,38)33(47)50-29/h9,12,14-15,18,21-25,29-31,40,48H,1,10-11,13,16-17,19-20,39H2,2-8H3/t23-,24-,25-,29-,30-,31-,34-,35+,36-/m1/s1. The molecule has 1 fully saturated rings. The fourth-order valence-electron chi connectivity index (χ4n) is 7.02. The fourth-order valence-corrected chi connectivity index (χ4v) is 7.02. The zero-order valence-corrected chi connectivity index (χ0v) is 30.5. The summed E-state index contributed by atoms with van der Waals surface area (Å²) in [5, 5.41) is 24.1. The Hall–Kier alpha value is -3.62. The number of nitrogens with zero attached hydrogens (tertiary/aromatic N) is 4. The fraction of sp³-hybridized carbons (Fsp3) is 0.639. The summed E-state index contributed by atoms with van der Waals surface area (Å²) >= 11 is 0. The molecule has 4 N–H and O–H groups in total. The maximum absolute atomic E-state index is 16.2. The number of Topliss-reactive ketones (excluding diaryl/α,β-unsaturated/α-hetero) is 1. The Morgan fingerprint density at radius 3 is 2.58 bits per heavy atom. The molecule has 1 aliphatic heterocycles. The van der Waals surface area contributed by atoms with Crippen LogP contribution in [-0.2, 0) is 30.4 Å². The second kappa shape index (κ2) is 17.1. The second-order valence-corrected chi connectivity index (χ2v) is 14.3. The molecular formula is C36H54BFN6O6. The van der Waals surface area contributed by atoms with Crippen molar-refractivity contribution in [3.05, 3.63) is 43.1 Å². The molecule has 3 rings (SSSR count). The van der Waals surface area contributed by atoms with E-state index in [0.29, 0.717) is 50.1 Å². The third kappa shape index (κ3) is 9.38. The molecule has 274 valence electrons. The SMILES string of the molecule is [B][C@@H]1[C@@H](C)C(=O)[C@](C)(F)C(=O)O[C@H](CC=C)[C@@](C)(O)[C@H](N(C=O)CCCCn2cc(-c3cccc(N)c3)nn2)[C@@H](C)NC[C@H](C)C[C@@]1(C)OC. The molecule has 2 heterocycles. The molecular weight excluding hydrogens is 642 g/mol. The number of aromatic nitrogens is 3. The first-order valence-corrected chi connectivity index (χ1v) is 17.2. The van der Waals surface area contributed by atoms with Crippen LogP contribution >= 0.6 is 0 Å². The van der Waals surface area contributed by atoms with E-state index >= 15 is 4.39 Å². The number of carbonyl (C=O) groups is 3. The van der Waals surface area contributed by atoms with Crippen LogP contribution in [0.25, 0.3) is 11.3 Å². The highest BCUT2D eigenvalue weighted by Crippen LogP contribution is 2.39. The Morgan fingerprint density at radius 2 is 1.96 bits per heavy atom. The van der Waals surface area contributed by atoms with E-state index in [0.717, 1.165) is 12.5 Å². The zero-order chi connectivity index (χ0) is 37.4. The molecule has 9 atom stereocenters. The molecule has 2 radical (unpaired) electrons. The van der Waals surface area contributed by atoms with E-state index < -0.39 is 58.5 Å². The second-order valence-electron chi connectivity index (χ2n) is 14.3. The average Bonchev–Trinajstić information content (AvgIpc) is 3.55. The number of hydrogen-bond donors (Lipinski definition) is 3. The van der Waals surface area contributed by atoms with Gasteiger partial charge in [0.15, 0.2) is 5.78 Å².